The van der Waals surface area contributed by atoms with Crippen LogP contribution < -0.4 is 0 Å². The van der Waals surface area contributed by atoms with E-state index < -0.39 is 5.41 Å². The molecule has 3 rings (SSSR count). The molecule has 4 nitrogen and oxygen atoms in total. The van der Waals surface area contributed by atoms with Crippen LogP contribution in [-0.4, -0.2) is 42.3 Å². The maximum atomic E-state index is 12.9. The van der Waals surface area contributed by atoms with Gasteiger partial charge in [-0.25, -0.2) is 0 Å². The number of esters is 1. The van der Waals surface area contributed by atoms with Crippen LogP contribution in [0.4, 0.5) is 0 Å². The number of nitrogens with zero attached hydrogens (tertiary/aromatic N) is 1. The summed E-state index contributed by atoms with van der Waals surface area (Å²) in [5.74, 6) is 5.89. The van der Waals surface area contributed by atoms with Crippen molar-refractivity contribution in [2.24, 2.45) is 5.41 Å². The van der Waals surface area contributed by atoms with Crippen LogP contribution in [0.2, 0.25) is 5.02 Å². The third kappa shape index (κ3) is 6.33. The van der Waals surface area contributed by atoms with E-state index in [1.165, 1.54) is 5.56 Å². The van der Waals surface area contributed by atoms with Crippen molar-refractivity contribution in [3.05, 3.63) is 70.2 Å². The van der Waals surface area contributed by atoms with Gasteiger partial charge in [0.25, 0.3) is 0 Å². The molecule has 0 bridgehead atoms. The number of rotatable bonds is 7. The number of benzene rings is 2. The quantitative estimate of drug-likeness (QED) is 0.511. The smallest absolute Gasteiger partial charge is 0.312 e. The zero-order valence-electron chi connectivity index (χ0n) is 18.1. The molecule has 0 saturated carbocycles. The van der Waals surface area contributed by atoms with Gasteiger partial charge in [0.2, 0.25) is 0 Å². The fourth-order valence-corrected chi connectivity index (χ4v) is 4.26. The molecule has 1 N–H and O–H groups in total. The summed E-state index contributed by atoms with van der Waals surface area (Å²) in [6.07, 6.45) is 2.61. The van der Waals surface area contributed by atoms with Gasteiger partial charge in [0.15, 0.2) is 0 Å². The molecule has 0 spiro atoms. The van der Waals surface area contributed by atoms with Gasteiger partial charge in [-0.15, -0.1) is 0 Å². The second-order valence-corrected chi connectivity index (χ2v) is 8.42. The van der Waals surface area contributed by atoms with E-state index in [-0.39, 0.29) is 12.6 Å². The summed E-state index contributed by atoms with van der Waals surface area (Å²) in [7, 11) is 0. The fourth-order valence-electron chi connectivity index (χ4n) is 4.05. The Morgan fingerprint density at radius 3 is 2.52 bits per heavy atom. The molecule has 164 valence electrons. The van der Waals surface area contributed by atoms with E-state index in [0.717, 1.165) is 43.6 Å². The van der Waals surface area contributed by atoms with E-state index in [2.05, 4.69) is 28.9 Å². The zero-order valence-corrected chi connectivity index (χ0v) is 18.8. The van der Waals surface area contributed by atoms with Crippen LogP contribution in [0.1, 0.15) is 42.9 Å². The minimum Gasteiger partial charge on any atom is -0.466 e. The van der Waals surface area contributed by atoms with Crippen molar-refractivity contribution in [1.82, 2.24) is 4.90 Å². The SMILES string of the molecule is CCOC(=O)C1(Cc2ccccc2Cl)CCN(Cc2ccc(C#CCCO)cc2)CC1. The lowest BCUT2D eigenvalue weighted by Gasteiger charge is -2.40. The Labute approximate surface area is 190 Å². The molecule has 1 aliphatic rings. The Morgan fingerprint density at radius 2 is 1.87 bits per heavy atom. The highest BCUT2D eigenvalue weighted by atomic mass is 35.5. The van der Waals surface area contributed by atoms with Gasteiger partial charge < -0.3 is 9.84 Å². The maximum Gasteiger partial charge on any atom is 0.312 e. The summed E-state index contributed by atoms with van der Waals surface area (Å²) in [5, 5.41) is 9.53. The Hall–Kier alpha value is -2.32. The van der Waals surface area contributed by atoms with E-state index in [1.807, 2.05) is 43.3 Å². The molecule has 1 saturated heterocycles. The maximum absolute atomic E-state index is 12.9. The third-order valence-electron chi connectivity index (χ3n) is 5.84. The molecule has 1 aliphatic heterocycles. The van der Waals surface area contributed by atoms with Crippen LogP contribution in [0.25, 0.3) is 0 Å². The van der Waals surface area contributed by atoms with Crippen molar-refractivity contribution in [1.29, 1.82) is 0 Å². The van der Waals surface area contributed by atoms with Crippen molar-refractivity contribution in [2.75, 3.05) is 26.3 Å². The molecule has 0 amide bonds. The molecule has 31 heavy (non-hydrogen) atoms. The van der Waals surface area contributed by atoms with Crippen LogP contribution in [0, 0.1) is 17.3 Å². The summed E-state index contributed by atoms with van der Waals surface area (Å²) in [4.78, 5) is 15.3. The molecule has 0 unspecified atom stereocenters. The summed E-state index contributed by atoms with van der Waals surface area (Å²) in [6.45, 7) is 4.84. The molecule has 0 aliphatic carbocycles. The number of likely N-dealkylation sites (tertiary alicyclic amines) is 1. The summed E-state index contributed by atoms with van der Waals surface area (Å²) < 4.78 is 5.47. The van der Waals surface area contributed by atoms with Crippen LogP contribution in [0.3, 0.4) is 0 Å². The van der Waals surface area contributed by atoms with Gasteiger partial charge in [0.1, 0.15) is 0 Å². The first-order chi connectivity index (χ1) is 15.1. The molecule has 1 heterocycles. The number of ether oxygens (including phenoxy) is 1. The van der Waals surface area contributed by atoms with Gasteiger partial charge >= 0.3 is 5.97 Å². The molecule has 1 fully saturated rings. The van der Waals surface area contributed by atoms with Crippen LogP contribution in [0.5, 0.6) is 0 Å². The normalized spacial score (nSPS) is 15.7. The first kappa shape index (κ1) is 23.3. The van der Waals surface area contributed by atoms with Gasteiger partial charge in [0.05, 0.1) is 18.6 Å². The van der Waals surface area contributed by atoms with Crippen molar-refractivity contribution in [2.45, 2.75) is 39.2 Å². The molecular weight excluding hydrogens is 410 g/mol. The topological polar surface area (TPSA) is 49.8 Å². The molecule has 2 aromatic carbocycles. The predicted molar refractivity (Wildman–Crippen MR) is 124 cm³/mol. The van der Waals surface area contributed by atoms with Gasteiger partial charge in [-0.2, -0.15) is 0 Å². The highest BCUT2D eigenvalue weighted by Crippen LogP contribution is 2.38. The summed E-state index contributed by atoms with van der Waals surface area (Å²) in [6, 6.07) is 16.0. The van der Waals surface area contributed by atoms with Crippen LogP contribution in [0.15, 0.2) is 48.5 Å². The Morgan fingerprint density at radius 1 is 1.16 bits per heavy atom. The van der Waals surface area contributed by atoms with Crippen molar-refractivity contribution in [3.8, 4) is 11.8 Å². The van der Waals surface area contributed by atoms with Gasteiger partial charge in [-0.05, 0) is 68.6 Å². The second-order valence-electron chi connectivity index (χ2n) is 8.02. The third-order valence-corrected chi connectivity index (χ3v) is 6.21. The molecule has 5 heteroatoms. The van der Waals surface area contributed by atoms with Gasteiger partial charge in [0, 0.05) is 23.6 Å². The van der Waals surface area contributed by atoms with E-state index >= 15 is 0 Å². The van der Waals surface area contributed by atoms with Crippen molar-refractivity contribution in [3.63, 3.8) is 0 Å². The number of piperidine rings is 1. The highest BCUT2D eigenvalue weighted by Gasteiger charge is 2.43. The average Bonchev–Trinajstić information content (AvgIpc) is 2.78. The summed E-state index contributed by atoms with van der Waals surface area (Å²) >= 11 is 6.39. The fraction of sp³-hybridized carbons (Fsp3) is 0.423. The molecular formula is C26H30ClNO3. The van der Waals surface area contributed by atoms with E-state index in [0.29, 0.717) is 24.5 Å². The highest BCUT2D eigenvalue weighted by molar-refractivity contribution is 6.31. The first-order valence-electron chi connectivity index (χ1n) is 10.9. The number of aliphatic hydroxyl groups is 1. The van der Waals surface area contributed by atoms with Crippen LogP contribution >= 0.6 is 11.6 Å². The van der Waals surface area contributed by atoms with Gasteiger partial charge in [-0.1, -0.05) is 53.8 Å². The van der Waals surface area contributed by atoms with E-state index in [9.17, 15) is 4.79 Å². The monoisotopic (exact) mass is 439 g/mol. The first-order valence-corrected chi connectivity index (χ1v) is 11.3. The van der Waals surface area contributed by atoms with Crippen LogP contribution in [-0.2, 0) is 22.5 Å². The average molecular weight is 440 g/mol. The lowest BCUT2D eigenvalue weighted by atomic mass is 9.73. The lowest BCUT2D eigenvalue weighted by Crippen LogP contribution is -2.46. The number of hydrogen-bond acceptors (Lipinski definition) is 4. The molecule has 2 aromatic rings. The van der Waals surface area contributed by atoms with Crippen molar-refractivity contribution >= 4 is 17.6 Å². The predicted octanol–water partition coefficient (Wildman–Crippen LogP) is 4.46. The number of hydrogen-bond donors (Lipinski definition) is 1. The minimum atomic E-state index is -0.524. The van der Waals surface area contributed by atoms with Crippen molar-refractivity contribution < 1.29 is 14.6 Å². The minimum absolute atomic E-state index is 0.0871. The molecule has 0 aromatic heterocycles. The number of carbonyl (C=O) groups excluding carboxylic acids is 1. The summed E-state index contributed by atoms with van der Waals surface area (Å²) in [5.41, 5.74) is 2.66. The molecule has 0 radical (unpaired) electrons. The Balaban J connectivity index is 1.64. The second kappa shape index (κ2) is 11.3. The number of carbonyl (C=O) groups is 1. The largest absolute Gasteiger partial charge is 0.466 e. The molecule has 0 atom stereocenters. The van der Waals surface area contributed by atoms with Gasteiger partial charge in [-0.3, -0.25) is 9.69 Å². The number of halogens is 1. The van der Waals surface area contributed by atoms with E-state index in [1.54, 1.807) is 0 Å². The zero-order chi connectivity index (χ0) is 22.1. The standard InChI is InChI=1S/C26H30ClNO3/c1-2-31-25(30)26(19-23-8-3-4-9-24(23)27)14-16-28(17-15-26)20-22-12-10-21(11-13-22)7-5-6-18-29/h3-4,8-13,29H,2,6,14-20H2,1H3. The van der Waals surface area contributed by atoms with E-state index in [4.69, 9.17) is 21.4 Å². The number of aliphatic hydroxyl groups excluding tert-OH is 1. The Bertz CT molecular complexity index is 922. The Kier molecular flexibility index (Phi) is 8.54. The lowest BCUT2D eigenvalue weighted by molar-refractivity contribution is -0.158.